The fraction of sp³-hybridized carbons (Fsp3) is 1.00. The van der Waals surface area contributed by atoms with E-state index in [1.165, 1.54) is 0 Å². The van der Waals surface area contributed by atoms with Crippen LogP contribution in [0.15, 0.2) is 0 Å². The van der Waals surface area contributed by atoms with Gasteiger partial charge in [-0.1, -0.05) is 0 Å². The summed E-state index contributed by atoms with van der Waals surface area (Å²) in [5.41, 5.74) is 0. The normalized spacial score (nSPS) is 12.8. The highest BCUT2D eigenvalue weighted by molar-refractivity contribution is 4.47. The van der Waals surface area contributed by atoms with Gasteiger partial charge in [0, 0.05) is 0 Å². The van der Waals surface area contributed by atoms with Crippen LogP contribution in [-0.2, 0) is 42.6 Å². The molecule has 0 aliphatic carbocycles. The van der Waals surface area contributed by atoms with E-state index in [2.05, 4.69) is 0 Å². The summed E-state index contributed by atoms with van der Waals surface area (Å²) in [6.07, 6.45) is -0.612. The molecule has 2 unspecified atom stereocenters. The minimum Gasteiger partial charge on any atom is -0.394 e. The Balaban J connectivity index is 0. The molecule has 0 amide bonds. The quantitative estimate of drug-likeness (QED) is 0.0831. The zero-order chi connectivity index (χ0) is 27.7. The van der Waals surface area contributed by atoms with E-state index in [0.29, 0.717) is 112 Å². The Kier molecular flexibility index (Phi) is 37.0. The van der Waals surface area contributed by atoms with E-state index < -0.39 is 6.10 Å². The maximum Gasteiger partial charge on any atom is 0.0779 e. The number of aliphatic hydroxyl groups is 4. The molecule has 0 aliphatic heterocycles. The SMILES string of the molecule is CC(O)COC(C)CO.OCCOCCOCCOCCOCCOCCOCCOCCOCCO. The van der Waals surface area contributed by atoms with E-state index >= 15 is 0 Å². The second kappa shape index (κ2) is 35.5. The standard InChI is InChI=1S/C18H38O10.C6H14O3/c19-1-3-21-5-7-23-9-11-25-13-15-27-17-18-28-16-14-26-12-10-24-8-6-22-4-2-20;1-5(8)4-9-6(2)3-7/h19-20H,1-18H2;5-8H,3-4H2,1-2H3. The van der Waals surface area contributed by atoms with Crippen LogP contribution in [0.5, 0.6) is 0 Å². The Morgan fingerprint density at radius 2 is 0.676 bits per heavy atom. The first kappa shape index (κ1) is 38.6. The molecular formula is C24H52O13. The predicted molar refractivity (Wildman–Crippen MR) is 135 cm³/mol. The van der Waals surface area contributed by atoms with Gasteiger partial charge >= 0.3 is 0 Å². The van der Waals surface area contributed by atoms with E-state index in [9.17, 15) is 0 Å². The Morgan fingerprint density at radius 1 is 0.432 bits per heavy atom. The largest absolute Gasteiger partial charge is 0.394 e. The summed E-state index contributed by atoms with van der Waals surface area (Å²) in [5, 5.41) is 34.2. The third-order valence-corrected chi connectivity index (χ3v) is 3.95. The van der Waals surface area contributed by atoms with Gasteiger partial charge in [-0.25, -0.2) is 0 Å². The smallest absolute Gasteiger partial charge is 0.0779 e. The Labute approximate surface area is 221 Å². The van der Waals surface area contributed by atoms with Crippen molar-refractivity contribution < 1.29 is 63.1 Å². The molecule has 0 aromatic carbocycles. The van der Waals surface area contributed by atoms with Gasteiger partial charge in [0.25, 0.3) is 0 Å². The molecule has 0 saturated heterocycles. The lowest BCUT2D eigenvalue weighted by molar-refractivity contribution is -0.0244. The molecular weight excluding hydrogens is 496 g/mol. The van der Waals surface area contributed by atoms with Gasteiger partial charge in [-0.2, -0.15) is 0 Å². The van der Waals surface area contributed by atoms with E-state index in [1.54, 1.807) is 13.8 Å². The molecule has 37 heavy (non-hydrogen) atoms. The van der Waals surface area contributed by atoms with Crippen LogP contribution in [0.2, 0.25) is 0 Å². The highest BCUT2D eigenvalue weighted by atomic mass is 16.6. The molecule has 2 atom stereocenters. The first-order chi connectivity index (χ1) is 18.1. The summed E-state index contributed by atoms with van der Waals surface area (Å²) in [5.74, 6) is 0. The van der Waals surface area contributed by atoms with Crippen molar-refractivity contribution in [3.63, 3.8) is 0 Å². The predicted octanol–water partition coefficient (Wildman–Crippen LogP) is -1.13. The van der Waals surface area contributed by atoms with E-state index in [1.807, 2.05) is 0 Å². The maximum absolute atomic E-state index is 8.69. The van der Waals surface area contributed by atoms with Gasteiger partial charge in [0.2, 0.25) is 0 Å². The number of ether oxygens (including phenoxy) is 9. The van der Waals surface area contributed by atoms with Gasteiger partial charge in [0.05, 0.1) is 144 Å². The van der Waals surface area contributed by atoms with Gasteiger partial charge in [0.15, 0.2) is 0 Å². The average Bonchev–Trinajstić information content (AvgIpc) is 2.90. The maximum atomic E-state index is 8.69. The van der Waals surface area contributed by atoms with Crippen LogP contribution >= 0.6 is 0 Å². The first-order valence-corrected chi connectivity index (χ1v) is 12.8. The van der Waals surface area contributed by atoms with Crippen LogP contribution in [0, 0.1) is 0 Å². The van der Waals surface area contributed by atoms with Crippen molar-refractivity contribution in [1.82, 2.24) is 0 Å². The number of aliphatic hydroxyl groups excluding tert-OH is 4. The first-order valence-electron chi connectivity index (χ1n) is 12.8. The van der Waals surface area contributed by atoms with Crippen molar-refractivity contribution in [2.75, 3.05) is 132 Å². The van der Waals surface area contributed by atoms with Crippen molar-refractivity contribution in [2.24, 2.45) is 0 Å². The van der Waals surface area contributed by atoms with Gasteiger partial charge in [-0.3, -0.25) is 0 Å². The molecule has 0 bridgehead atoms. The molecule has 13 heteroatoms. The lowest BCUT2D eigenvalue weighted by Crippen LogP contribution is -2.19. The molecule has 0 rings (SSSR count). The molecule has 0 aromatic heterocycles. The second-order valence-electron chi connectivity index (χ2n) is 7.52. The monoisotopic (exact) mass is 548 g/mol. The number of hydrogen-bond donors (Lipinski definition) is 4. The average molecular weight is 549 g/mol. The van der Waals surface area contributed by atoms with Crippen LogP contribution in [0.4, 0.5) is 0 Å². The topological polar surface area (TPSA) is 164 Å². The molecule has 0 fully saturated rings. The van der Waals surface area contributed by atoms with Gasteiger partial charge < -0.3 is 63.1 Å². The van der Waals surface area contributed by atoms with Crippen molar-refractivity contribution in [3.05, 3.63) is 0 Å². The van der Waals surface area contributed by atoms with Gasteiger partial charge in [-0.15, -0.1) is 0 Å². The number of rotatable bonds is 29. The molecule has 4 N–H and O–H groups in total. The molecule has 0 heterocycles. The molecule has 0 spiro atoms. The Hall–Kier alpha value is -0.520. The summed E-state index contributed by atoms with van der Waals surface area (Å²) in [7, 11) is 0. The summed E-state index contributed by atoms with van der Waals surface area (Å²) in [6.45, 7) is 11.5. The van der Waals surface area contributed by atoms with Crippen LogP contribution in [-0.4, -0.2) is 165 Å². The molecule has 226 valence electrons. The van der Waals surface area contributed by atoms with Crippen LogP contribution in [0.3, 0.4) is 0 Å². The molecule has 0 saturated carbocycles. The lowest BCUT2D eigenvalue weighted by Gasteiger charge is -2.10. The zero-order valence-electron chi connectivity index (χ0n) is 22.8. The molecule has 13 nitrogen and oxygen atoms in total. The Bertz CT molecular complexity index is 366. The van der Waals surface area contributed by atoms with E-state index in [4.69, 9.17) is 63.1 Å². The highest BCUT2D eigenvalue weighted by Crippen LogP contribution is 1.90. The third kappa shape index (κ3) is 40.1. The van der Waals surface area contributed by atoms with Crippen LogP contribution < -0.4 is 0 Å². The van der Waals surface area contributed by atoms with Crippen molar-refractivity contribution >= 4 is 0 Å². The zero-order valence-corrected chi connectivity index (χ0v) is 22.8. The van der Waals surface area contributed by atoms with Crippen molar-refractivity contribution in [3.8, 4) is 0 Å². The molecule has 0 radical (unpaired) electrons. The molecule has 0 aromatic rings. The van der Waals surface area contributed by atoms with E-state index in [0.717, 1.165) is 0 Å². The van der Waals surface area contributed by atoms with Gasteiger partial charge in [0.1, 0.15) is 0 Å². The second-order valence-corrected chi connectivity index (χ2v) is 7.52. The lowest BCUT2D eigenvalue weighted by atomic mass is 10.4. The Morgan fingerprint density at radius 3 is 0.865 bits per heavy atom. The summed E-state index contributed by atoms with van der Waals surface area (Å²) in [4.78, 5) is 0. The fourth-order valence-electron chi connectivity index (χ4n) is 2.13. The number of hydrogen-bond acceptors (Lipinski definition) is 13. The summed E-state index contributed by atoms with van der Waals surface area (Å²) < 4.78 is 47.1. The van der Waals surface area contributed by atoms with E-state index in [-0.39, 0.29) is 25.9 Å². The van der Waals surface area contributed by atoms with Gasteiger partial charge in [-0.05, 0) is 13.8 Å². The highest BCUT2D eigenvalue weighted by Gasteiger charge is 2.01. The van der Waals surface area contributed by atoms with Crippen molar-refractivity contribution in [1.29, 1.82) is 0 Å². The minimum atomic E-state index is -0.445. The van der Waals surface area contributed by atoms with Crippen LogP contribution in [0.1, 0.15) is 13.8 Å². The van der Waals surface area contributed by atoms with Crippen molar-refractivity contribution in [2.45, 2.75) is 26.1 Å². The minimum absolute atomic E-state index is 0.00667. The molecule has 0 aliphatic rings. The summed E-state index contributed by atoms with van der Waals surface area (Å²) >= 11 is 0. The van der Waals surface area contributed by atoms with Crippen LogP contribution in [0.25, 0.3) is 0 Å². The summed E-state index contributed by atoms with van der Waals surface area (Å²) in [6, 6.07) is 0. The fourth-order valence-corrected chi connectivity index (χ4v) is 2.13. The third-order valence-electron chi connectivity index (χ3n) is 3.95.